The Morgan fingerprint density at radius 3 is 2.81 bits per heavy atom. The predicted octanol–water partition coefficient (Wildman–Crippen LogP) is 1.78. The molecule has 16 heavy (non-hydrogen) atoms. The van der Waals surface area contributed by atoms with E-state index in [0.717, 1.165) is 26.1 Å². The van der Waals surface area contributed by atoms with E-state index in [2.05, 4.69) is 24.1 Å². The highest BCUT2D eigenvalue weighted by atomic mass is 16.2. The highest BCUT2D eigenvalue weighted by molar-refractivity contribution is 5.76. The van der Waals surface area contributed by atoms with Gasteiger partial charge in [0.05, 0.1) is 0 Å². The molecule has 0 aromatic carbocycles. The van der Waals surface area contributed by atoms with Gasteiger partial charge in [0, 0.05) is 32.1 Å². The van der Waals surface area contributed by atoms with E-state index in [9.17, 15) is 4.79 Å². The van der Waals surface area contributed by atoms with Crippen LogP contribution >= 0.6 is 0 Å². The lowest BCUT2D eigenvalue weighted by atomic mass is 9.84. The average Bonchev–Trinajstić information content (AvgIpc) is 3.00. The smallest absolute Gasteiger partial charge is 0.223 e. The number of carbonyl (C=O) groups excluding carboxylic acids is 1. The molecule has 0 aromatic rings. The number of nitrogens with zero attached hydrogens (tertiary/aromatic N) is 1. The van der Waals surface area contributed by atoms with E-state index >= 15 is 0 Å². The summed E-state index contributed by atoms with van der Waals surface area (Å²) in [7, 11) is 0. The zero-order chi connectivity index (χ0) is 11.6. The first-order valence-corrected chi connectivity index (χ1v) is 6.58. The molecule has 1 aliphatic carbocycles. The van der Waals surface area contributed by atoms with Crippen LogP contribution in [-0.4, -0.2) is 36.5 Å². The van der Waals surface area contributed by atoms with Crippen molar-refractivity contribution in [1.29, 1.82) is 0 Å². The number of carbonyl (C=O) groups is 1. The van der Waals surface area contributed by atoms with E-state index < -0.39 is 0 Å². The largest absolute Gasteiger partial charge is 0.342 e. The van der Waals surface area contributed by atoms with Crippen LogP contribution in [0.4, 0.5) is 0 Å². The molecule has 1 aliphatic heterocycles. The van der Waals surface area contributed by atoms with Gasteiger partial charge >= 0.3 is 0 Å². The molecule has 2 fully saturated rings. The molecule has 0 bridgehead atoms. The van der Waals surface area contributed by atoms with Crippen molar-refractivity contribution in [1.82, 2.24) is 10.2 Å². The normalized spacial score (nSPS) is 24.5. The Morgan fingerprint density at radius 1 is 1.44 bits per heavy atom. The molecule has 0 atom stereocenters. The molecule has 0 aromatic heterocycles. The van der Waals surface area contributed by atoms with Gasteiger partial charge in [-0.05, 0) is 31.1 Å². The second kappa shape index (κ2) is 4.74. The zero-order valence-corrected chi connectivity index (χ0v) is 10.6. The standard InChI is InChI=1S/C13H24N2O/c1-13(2)7-3-9-15(10-13)12(16)6-8-14-11-4-5-11/h11,14H,3-10H2,1-2H3. The fourth-order valence-electron chi connectivity index (χ4n) is 2.46. The minimum absolute atomic E-state index is 0.317. The fraction of sp³-hybridized carbons (Fsp3) is 0.923. The molecule has 2 rings (SSSR count). The van der Waals surface area contributed by atoms with Crippen LogP contribution in [-0.2, 0) is 4.79 Å². The van der Waals surface area contributed by atoms with Crippen molar-refractivity contribution in [3.8, 4) is 0 Å². The Kier molecular flexibility index (Phi) is 3.53. The minimum Gasteiger partial charge on any atom is -0.342 e. The van der Waals surface area contributed by atoms with Gasteiger partial charge in [-0.1, -0.05) is 13.8 Å². The molecule has 0 radical (unpaired) electrons. The number of rotatable bonds is 4. The number of amides is 1. The number of piperidine rings is 1. The van der Waals surface area contributed by atoms with Crippen LogP contribution in [0, 0.1) is 5.41 Å². The molecule has 1 saturated carbocycles. The maximum atomic E-state index is 12.0. The summed E-state index contributed by atoms with van der Waals surface area (Å²) in [6, 6.07) is 0.714. The Hall–Kier alpha value is -0.570. The van der Waals surface area contributed by atoms with Gasteiger partial charge in [-0.2, -0.15) is 0 Å². The molecule has 3 nitrogen and oxygen atoms in total. The Morgan fingerprint density at radius 2 is 2.19 bits per heavy atom. The molecule has 2 aliphatic rings. The van der Waals surface area contributed by atoms with Gasteiger partial charge < -0.3 is 10.2 Å². The summed E-state index contributed by atoms with van der Waals surface area (Å²) >= 11 is 0. The molecular formula is C13H24N2O. The van der Waals surface area contributed by atoms with Crippen LogP contribution in [0.15, 0.2) is 0 Å². The zero-order valence-electron chi connectivity index (χ0n) is 10.6. The second-order valence-corrected chi connectivity index (χ2v) is 6.06. The van der Waals surface area contributed by atoms with Crippen molar-refractivity contribution < 1.29 is 4.79 Å². The van der Waals surface area contributed by atoms with Crippen LogP contribution < -0.4 is 5.32 Å². The van der Waals surface area contributed by atoms with Crippen LogP contribution in [0.3, 0.4) is 0 Å². The van der Waals surface area contributed by atoms with Crippen molar-refractivity contribution >= 4 is 5.91 Å². The van der Waals surface area contributed by atoms with Crippen molar-refractivity contribution in [2.45, 2.75) is 52.0 Å². The summed E-state index contributed by atoms with van der Waals surface area (Å²) in [5.41, 5.74) is 0.317. The van der Waals surface area contributed by atoms with E-state index in [4.69, 9.17) is 0 Å². The van der Waals surface area contributed by atoms with Crippen LogP contribution in [0.2, 0.25) is 0 Å². The summed E-state index contributed by atoms with van der Waals surface area (Å²) in [6.45, 7) is 7.28. The third-order valence-corrected chi connectivity index (χ3v) is 3.60. The van der Waals surface area contributed by atoms with E-state index in [0.29, 0.717) is 23.8 Å². The van der Waals surface area contributed by atoms with Crippen LogP contribution in [0.5, 0.6) is 0 Å². The van der Waals surface area contributed by atoms with Gasteiger partial charge in [-0.25, -0.2) is 0 Å². The van der Waals surface area contributed by atoms with E-state index in [1.165, 1.54) is 19.3 Å². The Balaban J connectivity index is 1.70. The lowest BCUT2D eigenvalue weighted by molar-refractivity contribution is -0.134. The molecule has 92 valence electrons. The van der Waals surface area contributed by atoms with E-state index in [-0.39, 0.29) is 0 Å². The van der Waals surface area contributed by atoms with Gasteiger partial charge in [0.2, 0.25) is 5.91 Å². The Bertz CT molecular complexity index is 259. The first-order chi connectivity index (χ1) is 7.57. The molecule has 0 spiro atoms. The SMILES string of the molecule is CC1(C)CCCN(C(=O)CCNC2CC2)C1. The summed E-state index contributed by atoms with van der Waals surface area (Å²) in [5, 5.41) is 3.40. The Labute approximate surface area is 98.6 Å². The molecule has 3 heteroatoms. The van der Waals surface area contributed by atoms with Gasteiger partial charge in [-0.15, -0.1) is 0 Å². The second-order valence-electron chi connectivity index (χ2n) is 6.06. The number of hydrogen-bond donors (Lipinski definition) is 1. The first kappa shape index (κ1) is 11.9. The monoisotopic (exact) mass is 224 g/mol. The summed E-state index contributed by atoms with van der Waals surface area (Å²) in [5.74, 6) is 0.334. The van der Waals surface area contributed by atoms with Crippen LogP contribution in [0.1, 0.15) is 46.0 Å². The predicted molar refractivity (Wildman–Crippen MR) is 65.2 cm³/mol. The highest BCUT2D eigenvalue weighted by Crippen LogP contribution is 2.28. The van der Waals surface area contributed by atoms with Gasteiger partial charge in [0.25, 0.3) is 0 Å². The summed E-state index contributed by atoms with van der Waals surface area (Å²) in [4.78, 5) is 14.0. The molecular weight excluding hydrogens is 200 g/mol. The summed E-state index contributed by atoms with van der Waals surface area (Å²) < 4.78 is 0. The quantitative estimate of drug-likeness (QED) is 0.789. The molecule has 1 heterocycles. The molecule has 1 N–H and O–H groups in total. The lowest BCUT2D eigenvalue weighted by Gasteiger charge is -2.38. The molecule has 0 unspecified atom stereocenters. The molecule has 1 saturated heterocycles. The number of nitrogens with one attached hydrogen (secondary N) is 1. The minimum atomic E-state index is 0.317. The topological polar surface area (TPSA) is 32.3 Å². The maximum absolute atomic E-state index is 12.0. The number of likely N-dealkylation sites (tertiary alicyclic amines) is 1. The highest BCUT2D eigenvalue weighted by Gasteiger charge is 2.29. The third kappa shape index (κ3) is 3.48. The summed E-state index contributed by atoms with van der Waals surface area (Å²) in [6.07, 6.45) is 5.67. The molecule has 1 amide bonds. The van der Waals surface area contributed by atoms with Crippen molar-refractivity contribution in [2.24, 2.45) is 5.41 Å². The van der Waals surface area contributed by atoms with Crippen molar-refractivity contribution in [3.05, 3.63) is 0 Å². The van der Waals surface area contributed by atoms with Gasteiger partial charge in [0.1, 0.15) is 0 Å². The van der Waals surface area contributed by atoms with Crippen LogP contribution in [0.25, 0.3) is 0 Å². The number of hydrogen-bond acceptors (Lipinski definition) is 2. The van der Waals surface area contributed by atoms with E-state index in [1.807, 2.05) is 0 Å². The van der Waals surface area contributed by atoms with Gasteiger partial charge in [-0.3, -0.25) is 4.79 Å². The fourth-order valence-corrected chi connectivity index (χ4v) is 2.46. The first-order valence-electron chi connectivity index (χ1n) is 6.58. The maximum Gasteiger partial charge on any atom is 0.223 e. The van der Waals surface area contributed by atoms with E-state index in [1.54, 1.807) is 0 Å². The third-order valence-electron chi connectivity index (χ3n) is 3.60. The van der Waals surface area contributed by atoms with Gasteiger partial charge in [0.15, 0.2) is 0 Å². The van der Waals surface area contributed by atoms with Crippen molar-refractivity contribution in [3.63, 3.8) is 0 Å². The average molecular weight is 224 g/mol. The lowest BCUT2D eigenvalue weighted by Crippen LogP contribution is -2.44. The van der Waals surface area contributed by atoms with Crippen molar-refractivity contribution in [2.75, 3.05) is 19.6 Å².